The molecule has 0 saturated heterocycles. The van der Waals surface area contributed by atoms with Crippen LogP contribution in [0.5, 0.6) is 0 Å². The maximum atomic E-state index is 10.8. The lowest BCUT2D eigenvalue weighted by Gasteiger charge is -2.08. The molecule has 0 radical (unpaired) electrons. The minimum Gasteiger partial charge on any atom is -0.476 e. The fourth-order valence-corrected chi connectivity index (χ4v) is 1.22. The minimum atomic E-state index is -1.05. The van der Waals surface area contributed by atoms with E-state index in [-0.39, 0.29) is 5.69 Å². The Balaban J connectivity index is 2.34. The molecule has 0 spiro atoms. The van der Waals surface area contributed by atoms with Gasteiger partial charge < -0.3 is 19.9 Å². The molecule has 1 aromatic heterocycles. The van der Waals surface area contributed by atoms with E-state index in [0.29, 0.717) is 32.1 Å². The molecule has 0 aliphatic heterocycles. The molecular weight excluding hydrogens is 224 g/mol. The highest BCUT2D eigenvalue weighted by Crippen LogP contribution is 2.11. The maximum Gasteiger partial charge on any atom is 0.356 e. The molecule has 0 fully saturated rings. The molecule has 0 unspecified atom stereocenters. The van der Waals surface area contributed by atoms with Crippen LogP contribution < -0.4 is 5.32 Å². The zero-order valence-electron chi connectivity index (χ0n) is 9.68. The van der Waals surface area contributed by atoms with E-state index >= 15 is 0 Å². The number of aromatic carboxylic acids is 1. The van der Waals surface area contributed by atoms with E-state index in [9.17, 15) is 4.79 Å². The summed E-state index contributed by atoms with van der Waals surface area (Å²) in [5, 5.41) is 11.9. The quantitative estimate of drug-likeness (QED) is 0.656. The highest BCUT2D eigenvalue weighted by atomic mass is 16.5. The van der Waals surface area contributed by atoms with Crippen LogP contribution in [0.15, 0.2) is 18.3 Å². The summed E-state index contributed by atoms with van der Waals surface area (Å²) in [6.45, 7) is 2.08. The third-order valence-corrected chi connectivity index (χ3v) is 2.00. The first kappa shape index (κ1) is 13.4. The van der Waals surface area contributed by atoms with Gasteiger partial charge in [0.1, 0.15) is 0 Å². The van der Waals surface area contributed by atoms with Crippen LogP contribution in [0.1, 0.15) is 10.5 Å². The van der Waals surface area contributed by atoms with Crippen LogP contribution in [0.4, 0.5) is 5.69 Å². The number of carbonyl (C=O) groups is 1. The molecule has 1 heterocycles. The van der Waals surface area contributed by atoms with Crippen LogP contribution >= 0.6 is 0 Å². The second-order valence-corrected chi connectivity index (χ2v) is 3.24. The van der Waals surface area contributed by atoms with Crippen LogP contribution in [0, 0.1) is 0 Å². The lowest BCUT2D eigenvalue weighted by atomic mass is 10.3. The average Bonchev–Trinajstić information content (AvgIpc) is 2.34. The molecule has 0 amide bonds. The van der Waals surface area contributed by atoms with Gasteiger partial charge in [0, 0.05) is 19.9 Å². The number of ether oxygens (including phenoxy) is 2. The van der Waals surface area contributed by atoms with Crippen LogP contribution in [-0.4, -0.2) is 49.5 Å². The summed E-state index contributed by atoms with van der Waals surface area (Å²) in [7, 11) is 1.61. The average molecular weight is 240 g/mol. The number of rotatable bonds is 8. The molecule has 17 heavy (non-hydrogen) atoms. The number of methoxy groups -OCH3 is 1. The molecule has 0 aliphatic carbocycles. The Labute approximate surface area is 99.6 Å². The second-order valence-electron chi connectivity index (χ2n) is 3.24. The van der Waals surface area contributed by atoms with Gasteiger partial charge in [0.25, 0.3) is 0 Å². The molecule has 0 aliphatic rings. The van der Waals surface area contributed by atoms with Crippen LogP contribution in [-0.2, 0) is 9.47 Å². The Kier molecular flexibility index (Phi) is 5.98. The van der Waals surface area contributed by atoms with Crippen molar-refractivity contribution in [3.63, 3.8) is 0 Å². The molecule has 6 heteroatoms. The van der Waals surface area contributed by atoms with Gasteiger partial charge in [-0.3, -0.25) is 0 Å². The number of nitrogens with one attached hydrogen (secondary N) is 1. The van der Waals surface area contributed by atoms with Gasteiger partial charge in [-0.15, -0.1) is 0 Å². The second kappa shape index (κ2) is 7.59. The SMILES string of the molecule is COCCOCCNc1cccnc1C(=O)O. The zero-order chi connectivity index (χ0) is 12.5. The predicted octanol–water partition coefficient (Wildman–Crippen LogP) is 0.855. The fraction of sp³-hybridized carbons (Fsp3) is 0.455. The van der Waals surface area contributed by atoms with E-state index < -0.39 is 5.97 Å². The zero-order valence-corrected chi connectivity index (χ0v) is 9.68. The van der Waals surface area contributed by atoms with Gasteiger partial charge in [-0.1, -0.05) is 0 Å². The summed E-state index contributed by atoms with van der Waals surface area (Å²) in [6.07, 6.45) is 1.45. The van der Waals surface area contributed by atoms with Gasteiger partial charge >= 0.3 is 5.97 Å². The standard InChI is InChI=1S/C11H16N2O4/c1-16-7-8-17-6-5-12-9-3-2-4-13-10(9)11(14)15/h2-4,12H,5-8H2,1H3,(H,14,15). The van der Waals surface area contributed by atoms with Crippen molar-refractivity contribution in [3.8, 4) is 0 Å². The van der Waals surface area contributed by atoms with Crippen LogP contribution in [0.2, 0.25) is 0 Å². The highest BCUT2D eigenvalue weighted by Gasteiger charge is 2.09. The summed E-state index contributed by atoms with van der Waals surface area (Å²) < 4.78 is 10.1. The molecule has 1 rings (SSSR count). The lowest BCUT2D eigenvalue weighted by Crippen LogP contribution is -2.14. The van der Waals surface area contributed by atoms with Crippen molar-refractivity contribution in [1.82, 2.24) is 4.98 Å². The number of carboxylic acids is 1. The van der Waals surface area contributed by atoms with E-state index in [2.05, 4.69) is 10.3 Å². The van der Waals surface area contributed by atoms with E-state index in [0.717, 1.165) is 0 Å². The van der Waals surface area contributed by atoms with Gasteiger partial charge in [0.15, 0.2) is 5.69 Å². The monoisotopic (exact) mass is 240 g/mol. The van der Waals surface area contributed by atoms with Gasteiger partial charge in [-0.05, 0) is 12.1 Å². The van der Waals surface area contributed by atoms with Gasteiger partial charge in [-0.25, -0.2) is 9.78 Å². The summed E-state index contributed by atoms with van der Waals surface area (Å²) in [5.74, 6) is -1.05. The molecule has 0 atom stereocenters. The Morgan fingerprint density at radius 1 is 1.47 bits per heavy atom. The highest BCUT2D eigenvalue weighted by molar-refractivity contribution is 5.91. The summed E-state index contributed by atoms with van der Waals surface area (Å²) in [4.78, 5) is 14.6. The number of carboxylic acid groups (broad SMARTS) is 1. The third-order valence-electron chi connectivity index (χ3n) is 2.00. The number of nitrogens with zero attached hydrogens (tertiary/aromatic N) is 1. The van der Waals surface area contributed by atoms with Crippen LogP contribution in [0.3, 0.4) is 0 Å². The molecule has 6 nitrogen and oxygen atoms in total. The van der Waals surface area contributed by atoms with Gasteiger partial charge in [-0.2, -0.15) is 0 Å². The van der Waals surface area contributed by atoms with Crippen molar-refractivity contribution in [2.45, 2.75) is 0 Å². The Bertz CT molecular complexity index is 357. The van der Waals surface area contributed by atoms with Crippen molar-refractivity contribution in [2.75, 3.05) is 38.8 Å². The molecule has 94 valence electrons. The number of anilines is 1. The van der Waals surface area contributed by atoms with Gasteiger partial charge in [0.2, 0.25) is 0 Å². The lowest BCUT2D eigenvalue weighted by molar-refractivity contribution is 0.0690. The first-order valence-corrected chi connectivity index (χ1v) is 5.24. The Hall–Kier alpha value is -1.66. The Morgan fingerprint density at radius 2 is 2.29 bits per heavy atom. The normalized spacial score (nSPS) is 10.2. The smallest absolute Gasteiger partial charge is 0.356 e. The van der Waals surface area contributed by atoms with E-state index in [1.165, 1.54) is 6.20 Å². The Morgan fingerprint density at radius 3 is 3.00 bits per heavy atom. The van der Waals surface area contributed by atoms with E-state index in [4.69, 9.17) is 14.6 Å². The van der Waals surface area contributed by atoms with Crippen molar-refractivity contribution in [1.29, 1.82) is 0 Å². The molecule has 2 N–H and O–H groups in total. The van der Waals surface area contributed by atoms with Crippen molar-refractivity contribution in [2.24, 2.45) is 0 Å². The summed E-state index contributed by atoms with van der Waals surface area (Å²) in [6, 6.07) is 3.35. The van der Waals surface area contributed by atoms with Gasteiger partial charge in [0.05, 0.1) is 25.5 Å². The molecule has 0 bridgehead atoms. The molecule has 0 saturated carbocycles. The topological polar surface area (TPSA) is 80.7 Å². The largest absolute Gasteiger partial charge is 0.476 e. The minimum absolute atomic E-state index is 0.0180. The summed E-state index contributed by atoms with van der Waals surface area (Å²) in [5.41, 5.74) is 0.514. The van der Waals surface area contributed by atoms with Crippen molar-refractivity contribution < 1.29 is 19.4 Å². The maximum absolute atomic E-state index is 10.8. The molecule has 0 aromatic carbocycles. The molecular formula is C11H16N2O4. The number of pyridine rings is 1. The molecule has 1 aromatic rings. The van der Waals surface area contributed by atoms with E-state index in [1.807, 2.05) is 0 Å². The van der Waals surface area contributed by atoms with E-state index in [1.54, 1.807) is 19.2 Å². The first-order chi connectivity index (χ1) is 8.25. The first-order valence-electron chi connectivity index (χ1n) is 5.24. The third kappa shape index (κ3) is 4.80. The summed E-state index contributed by atoms with van der Waals surface area (Å²) >= 11 is 0. The number of hydrogen-bond acceptors (Lipinski definition) is 5. The number of aromatic nitrogens is 1. The van der Waals surface area contributed by atoms with Crippen LogP contribution in [0.25, 0.3) is 0 Å². The fourth-order valence-electron chi connectivity index (χ4n) is 1.22. The van der Waals surface area contributed by atoms with Crippen molar-refractivity contribution >= 4 is 11.7 Å². The number of hydrogen-bond donors (Lipinski definition) is 2. The van der Waals surface area contributed by atoms with Crippen molar-refractivity contribution in [3.05, 3.63) is 24.0 Å². The predicted molar refractivity (Wildman–Crippen MR) is 62.4 cm³/mol.